The summed E-state index contributed by atoms with van der Waals surface area (Å²) in [4.78, 5) is 2.44. The molecule has 0 aliphatic carbocycles. The van der Waals surface area contributed by atoms with Gasteiger partial charge in [-0.05, 0) is 43.8 Å². The molecule has 0 amide bonds. The lowest BCUT2D eigenvalue weighted by atomic mass is 9.78. The molecular weight excluding hydrogens is 262 g/mol. The molecule has 1 saturated heterocycles. The van der Waals surface area contributed by atoms with Gasteiger partial charge in [0, 0.05) is 18.2 Å². The fourth-order valence-corrected chi connectivity index (χ4v) is 2.83. The molecule has 0 saturated carbocycles. The van der Waals surface area contributed by atoms with Crippen LogP contribution < -0.4 is 4.74 Å². The minimum atomic E-state index is 0.354. The third-order valence-corrected chi connectivity index (χ3v) is 4.84. The van der Waals surface area contributed by atoms with Gasteiger partial charge in [-0.2, -0.15) is 0 Å². The maximum absolute atomic E-state index is 10.2. The van der Waals surface area contributed by atoms with Crippen LogP contribution in [0.2, 0.25) is 0 Å². The smallest absolute Gasteiger partial charge is 0.123 e. The fourth-order valence-electron chi connectivity index (χ4n) is 2.83. The Labute approximate surface area is 128 Å². The van der Waals surface area contributed by atoms with Crippen LogP contribution >= 0.6 is 0 Å². The van der Waals surface area contributed by atoms with E-state index < -0.39 is 0 Å². The Bertz CT molecular complexity index is 451. The Kier molecular flexibility index (Phi) is 5.51. The largest absolute Gasteiger partial charge is 0.507 e. The van der Waals surface area contributed by atoms with Gasteiger partial charge in [-0.1, -0.05) is 33.3 Å². The number of aromatic hydroxyl groups is 1. The molecule has 118 valence electrons. The van der Waals surface area contributed by atoms with Crippen LogP contribution in [0.15, 0.2) is 18.2 Å². The van der Waals surface area contributed by atoms with Crippen LogP contribution in [0.3, 0.4) is 0 Å². The maximum atomic E-state index is 10.2. The van der Waals surface area contributed by atoms with Crippen molar-refractivity contribution in [3.05, 3.63) is 23.8 Å². The Morgan fingerprint density at radius 1 is 1.24 bits per heavy atom. The first-order valence-electron chi connectivity index (χ1n) is 8.23. The van der Waals surface area contributed by atoms with Gasteiger partial charge in [0.15, 0.2) is 0 Å². The van der Waals surface area contributed by atoms with Crippen LogP contribution in [0.1, 0.15) is 52.0 Å². The number of benzene rings is 1. The zero-order chi connectivity index (χ0) is 15.3. The van der Waals surface area contributed by atoms with E-state index in [1.54, 1.807) is 6.07 Å². The van der Waals surface area contributed by atoms with Gasteiger partial charge in [-0.25, -0.2) is 0 Å². The molecule has 0 aromatic heterocycles. The quantitative estimate of drug-likeness (QED) is 0.853. The van der Waals surface area contributed by atoms with Crippen molar-refractivity contribution in [1.82, 2.24) is 4.90 Å². The second kappa shape index (κ2) is 7.17. The van der Waals surface area contributed by atoms with E-state index in [4.69, 9.17) is 4.74 Å². The van der Waals surface area contributed by atoms with Gasteiger partial charge in [0.05, 0.1) is 6.61 Å². The van der Waals surface area contributed by atoms with Crippen molar-refractivity contribution in [3.63, 3.8) is 0 Å². The van der Waals surface area contributed by atoms with Crippen molar-refractivity contribution in [3.8, 4) is 11.5 Å². The van der Waals surface area contributed by atoms with Gasteiger partial charge in [-0.15, -0.1) is 0 Å². The third-order valence-electron chi connectivity index (χ3n) is 4.84. The number of phenolic OH excluding ortho intramolecular Hbond substituents is 1. The van der Waals surface area contributed by atoms with Crippen LogP contribution in [0.25, 0.3) is 0 Å². The summed E-state index contributed by atoms with van der Waals surface area (Å²) < 4.78 is 5.55. The summed E-state index contributed by atoms with van der Waals surface area (Å²) in [6.45, 7) is 10.5. The average molecular weight is 291 g/mol. The highest BCUT2D eigenvalue weighted by atomic mass is 16.5. The van der Waals surface area contributed by atoms with Crippen LogP contribution in [0.5, 0.6) is 11.5 Å². The van der Waals surface area contributed by atoms with Gasteiger partial charge in [0.25, 0.3) is 0 Å². The Balaban J connectivity index is 1.92. The van der Waals surface area contributed by atoms with E-state index in [1.807, 2.05) is 12.1 Å². The summed E-state index contributed by atoms with van der Waals surface area (Å²) >= 11 is 0. The van der Waals surface area contributed by atoms with Crippen molar-refractivity contribution >= 4 is 0 Å². The summed E-state index contributed by atoms with van der Waals surface area (Å²) in [6, 6.07) is 5.70. The van der Waals surface area contributed by atoms with E-state index in [0.29, 0.717) is 17.8 Å². The predicted molar refractivity (Wildman–Crippen MR) is 86.8 cm³/mol. The van der Waals surface area contributed by atoms with Crippen LogP contribution in [0, 0.1) is 5.41 Å². The lowest BCUT2D eigenvalue weighted by Gasteiger charge is -2.39. The number of piperidine rings is 1. The molecule has 0 unspecified atom stereocenters. The first kappa shape index (κ1) is 16.2. The molecule has 1 N–H and O–H groups in total. The molecule has 3 heteroatoms. The molecule has 21 heavy (non-hydrogen) atoms. The Morgan fingerprint density at radius 3 is 2.52 bits per heavy atom. The fraction of sp³-hybridized carbons (Fsp3) is 0.667. The molecule has 0 bridgehead atoms. The lowest BCUT2D eigenvalue weighted by Crippen LogP contribution is -2.37. The van der Waals surface area contributed by atoms with Crippen LogP contribution in [-0.4, -0.2) is 29.7 Å². The highest BCUT2D eigenvalue weighted by Gasteiger charge is 2.28. The Morgan fingerprint density at radius 2 is 1.95 bits per heavy atom. The minimum absolute atomic E-state index is 0.354. The number of rotatable bonds is 6. The average Bonchev–Trinajstić information content (AvgIpc) is 2.50. The second-order valence-corrected chi connectivity index (χ2v) is 6.58. The molecule has 1 fully saturated rings. The van der Waals surface area contributed by atoms with Gasteiger partial charge >= 0.3 is 0 Å². The highest BCUT2D eigenvalue weighted by molar-refractivity contribution is 5.39. The number of ether oxygens (including phenoxy) is 1. The summed E-state index contributed by atoms with van der Waals surface area (Å²) in [5.41, 5.74) is 1.51. The van der Waals surface area contributed by atoms with E-state index in [2.05, 4.69) is 25.7 Å². The molecule has 0 spiro atoms. The molecule has 1 aromatic carbocycles. The molecule has 1 aliphatic rings. The number of phenols is 1. The normalized spacial score (nSPS) is 18.6. The lowest BCUT2D eigenvalue weighted by molar-refractivity contribution is 0.109. The second-order valence-electron chi connectivity index (χ2n) is 6.58. The first-order chi connectivity index (χ1) is 10.1. The topological polar surface area (TPSA) is 32.7 Å². The van der Waals surface area contributed by atoms with Gasteiger partial charge in [0.1, 0.15) is 11.5 Å². The zero-order valence-corrected chi connectivity index (χ0v) is 13.7. The van der Waals surface area contributed by atoms with Gasteiger partial charge in [0.2, 0.25) is 0 Å². The standard InChI is InChI=1S/C18H29NO2/c1-4-12-21-16-7-6-15(17(20)13-16)14-19-10-8-18(3,5-2)9-11-19/h6-7,13,20H,4-5,8-12,14H2,1-3H3. The van der Waals surface area contributed by atoms with Crippen molar-refractivity contribution in [1.29, 1.82) is 0 Å². The molecule has 1 heterocycles. The van der Waals surface area contributed by atoms with Crippen molar-refractivity contribution in [2.24, 2.45) is 5.41 Å². The number of likely N-dealkylation sites (tertiary alicyclic amines) is 1. The van der Waals surface area contributed by atoms with Crippen LogP contribution in [0.4, 0.5) is 0 Å². The molecule has 1 aliphatic heterocycles. The number of hydrogen-bond donors (Lipinski definition) is 1. The third kappa shape index (κ3) is 4.37. The first-order valence-corrected chi connectivity index (χ1v) is 8.23. The van der Waals surface area contributed by atoms with Crippen molar-refractivity contribution in [2.45, 2.75) is 53.0 Å². The summed E-state index contributed by atoms with van der Waals surface area (Å²) in [5, 5.41) is 10.2. The summed E-state index contributed by atoms with van der Waals surface area (Å²) in [6.07, 6.45) is 4.74. The monoisotopic (exact) mass is 291 g/mol. The van der Waals surface area contributed by atoms with Crippen molar-refractivity contribution in [2.75, 3.05) is 19.7 Å². The van der Waals surface area contributed by atoms with E-state index in [0.717, 1.165) is 37.4 Å². The van der Waals surface area contributed by atoms with E-state index in [9.17, 15) is 5.11 Å². The van der Waals surface area contributed by atoms with Gasteiger partial charge < -0.3 is 9.84 Å². The van der Waals surface area contributed by atoms with E-state index >= 15 is 0 Å². The molecule has 2 rings (SSSR count). The van der Waals surface area contributed by atoms with Crippen molar-refractivity contribution < 1.29 is 9.84 Å². The molecule has 1 aromatic rings. The number of hydrogen-bond acceptors (Lipinski definition) is 3. The van der Waals surface area contributed by atoms with E-state index in [-0.39, 0.29) is 0 Å². The maximum Gasteiger partial charge on any atom is 0.123 e. The Hall–Kier alpha value is -1.22. The minimum Gasteiger partial charge on any atom is -0.507 e. The molecular formula is C18H29NO2. The molecule has 0 atom stereocenters. The SMILES string of the molecule is CCCOc1ccc(CN2CCC(C)(CC)CC2)c(O)c1. The highest BCUT2D eigenvalue weighted by Crippen LogP contribution is 2.35. The summed E-state index contributed by atoms with van der Waals surface area (Å²) in [5.74, 6) is 1.11. The molecule has 0 radical (unpaired) electrons. The molecule has 3 nitrogen and oxygen atoms in total. The van der Waals surface area contributed by atoms with Crippen LogP contribution in [-0.2, 0) is 6.54 Å². The van der Waals surface area contributed by atoms with Gasteiger partial charge in [-0.3, -0.25) is 4.90 Å². The zero-order valence-electron chi connectivity index (χ0n) is 13.7. The summed E-state index contributed by atoms with van der Waals surface area (Å²) in [7, 11) is 0. The predicted octanol–water partition coefficient (Wildman–Crippen LogP) is 4.19. The van der Waals surface area contributed by atoms with E-state index in [1.165, 1.54) is 19.3 Å². The number of nitrogens with zero attached hydrogens (tertiary/aromatic N) is 1.